The van der Waals surface area contributed by atoms with E-state index in [-0.39, 0.29) is 11.5 Å². The molecular weight excluding hydrogens is 360 g/mol. The van der Waals surface area contributed by atoms with E-state index in [4.69, 9.17) is 0 Å². The monoisotopic (exact) mass is 376 g/mol. The minimum atomic E-state index is -0.283. The summed E-state index contributed by atoms with van der Waals surface area (Å²) >= 11 is 1.35. The van der Waals surface area contributed by atoms with Gasteiger partial charge >= 0.3 is 0 Å². The van der Waals surface area contributed by atoms with Crippen molar-refractivity contribution in [1.29, 1.82) is 0 Å². The number of hydrogen-bond acceptors (Lipinski definition) is 5. The first-order chi connectivity index (χ1) is 13.1. The van der Waals surface area contributed by atoms with Gasteiger partial charge in [0.15, 0.2) is 0 Å². The summed E-state index contributed by atoms with van der Waals surface area (Å²) in [5, 5.41) is 9.40. The summed E-state index contributed by atoms with van der Waals surface area (Å²) in [4.78, 5) is 29.4. The number of rotatable bonds is 4. The molecule has 3 heterocycles. The highest BCUT2D eigenvalue weighted by atomic mass is 32.1. The molecule has 0 unspecified atom stereocenters. The third kappa shape index (κ3) is 3.24. The zero-order chi connectivity index (χ0) is 18.8. The van der Waals surface area contributed by atoms with Gasteiger partial charge in [0.05, 0.1) is 15.6 Å². The summed E-state index contributed by atoms with van der Waals surface area (Å²) in [5.41, 5.74) is 2.61. The number of pyridine rings is 1. The zero-order valence-corrected chi connectivity index (χ0v) is 15.4. The van der Waals surface area contributed by atoms with Crippen LogP contribution in [-0.2, 0) is 13.6 Å². The molecule has 0 fully saturated rings. The molecule has 134 valence electrons. The van der Waals surface area contributed by atoms with Crippen LogP contribution in [0.3, 0.4) is 0 Å². The van der Waals surface area contributed by atoms with Gasteiger partial charge < -0.3 is 5.32 Å². The van der Waals surface area contributed by atoms with Gasteiger partial charge in [-0.3, -0.25) is 14.6 Å². The number of nitrogens with zero attached hydrogens (tertiary/aromatic N) is 3. The summed E-state index contributed by atoms with van der Waals surface area (Å²) < 4.78 is 1.98. The number of thiophene rings is 1. The number of aromatic nitrogens is 3. The van der Waals surface area contributed by atoms with Crippen LogP contribution in [0.4, 0.5) is 0 Å². The lowest BCUT2D eigenvalue weighted by atomic mass is 10.1. The average Bonchev–Trinajstić information content (AvgIpc) is 3.16. The lowest BCUT2D eigenvalue weighted by Gasteiger charge is -2.07. The van der Waals surface area contributed by atoms with E-state index in [1.165, 1.54) is 16.0 Å². The summed E-state index contributed by atoms with van der Waals surface area (Å²) in [5.74, 6) is -0.269. The van der Waals surface area contributed by atoms with Crippen molar-refractivity contribution in [3.63, 3.8) is 0 Å². The van der Waals surface area contributed by atoms with Gasteiger partial charge in [-0.1, -0.05) is 30.3 Å². The topological polar surface area (TPSA) is 76.9 Å². The molecule has 0 aliphatic carbocycles. The second kappa shape index (κ2) is 7.13. The first kappa shape index (κ1) is 17.1. The number of aryl methyl sites for hydroxylation is 1. The van der Waals surface area contributed by atoms with Gasteiger partial charge in [0.2, 0.25) is 0 Å². The molecule has 4 rings (SSSR count). The molecule has 1 amide bonds. The number of amides is 1. The van der Waals surface area contributed by atoms with E-state index in [2.05, 4.69) is 15.4 Å². The number of hydrogen-bond donors (Lipinski definition) is 1. The number of carbonyl (C=O) groups excluding carboxylic acids is 1. The summed E-state index contributed by atoms with van der Waals surface area (Å²) in [6, 6.07) is 13.3. The predicted octanol–water partition coefficient (Wildman–Crippen LogP) is 2.99. The maximum Gasteiger partial charge on any atom is 0.276 e. The maximum absolute atomic E-state index is 12.7. The number of fused-ring (bicyclic) bond motifs is 1. The van der Waals surface area contributed by atoms with E-state index < -0.39 is 0 Å². The SMILES string of the molecule is Cn1nc(-c2ccncc2)c2scc(C(=O)NCc3ccccc3)c2c1=O. The van der Waals surface area contributed by atoms with Crippen molar-refractivity contribution >= 4 is 27.3 Å². The second-order valence-electron chi connectivity index (χ2n) is 6.04. The Balaban J connectivity index is 1.75. The Morgan fingerprint density at radius 2 is 1.89 bits per heavy atom. The fraction of sp³-hybridized carbons (Fsp3) is 0.100. The first-order valence-corrected chi connectivity index (χ1v) is 9.24. The highest BCUT2D eigenvalue weighted by Gasteiger charge is 2.20. The molecule has 1 N–H and O–H groups in total. The molecule has 1 aromatic carbocycles. The molecule has 0 aliphatic rings. The molecule has 0 atom stereocenters. The first-order valence-electron chi connectivity index (χ1n) is 8.36. The molecule has 3 aromatic heterocycles. The zero-order valence-electron chi connectivity index (χ0n) is 14.5. The van der Waals surface area contributed by atoms with Crippen LogP contribution in [0.5, 0.6) is 0 Å². The van der Waals surface area contributed by atoms with Crippen LogP contribution in [-0.4, -0.2) is 20.7 Å². The minimum Gasteiger partial charge on any atom is -0.348 e. The number of nitrogens with one attached hydrogen (secondary N) is 1. The van der Waals surface area contributed by atoms with Crippen LogP contribution in [0.25, 0.3) is 21.3 Å². The van der Waals surface area contributed by atoms with Gasteiger partial charge in [0.25, 0.3) is 11.5 Å². The lowest BCUT2D eigenvalue weighted by Crippen LogP contribution is -2.26. The van der Waals surface area contributed by atoms with Crippen molar-refractivity contribution in [2.24, 2.45) is 7.05 Å². The van der Waals surface area contributed by atoms with Crippen LogP contribution < -0.4 is 10.9 Å². The van der Waals surface area contributed by atoms with Gasteiger partial charge in [-0.25, -0.2) is 4.68 Å². The van der Waals surface area contributed by atoms with Gasteiger partial charge in [0, 0.05) is 36.9 Å². The van der Waals surface area contributed by atoms with E-state index >= 15 is 0 Å². The van der Waals surface area contributed by atoms with Crippen molar-refractivity contribution in [3.05, 3.63) is 81.7 Å². The Bertz CT molecular complexity index is 1170. The van der Waals surface area contributed by atoms with Crippen molar-refractivity contribution in [2.45, 2.75) is 6.54 Å². The molecule has 0 saturated heterocycles. The van der Waals surface area contributed by atoms with Gasteiger partial charge in [-0.2, -0.15) is 5.10 Å². The minimum absolute atomic E-state index is 0.269. The Morgan fingerprint density at radius 1 is 1.15 bits per heavy atom. The summed E-state index contributed by atoms with van der Waals surface area (Å²) in [6.45, 7) is 0.402. The van der Waals surface area contributed by atoms with Crippen LogP contribution in [0.2, 0.25) is 0 Å². The fourth-order valence-corrected chi connectivity index (χ4v) is 3.93. The molecule has 0 radical (unpaired) electrons. The highest BCUT2D eigenvalue weighted by Crippen LogP contribution is 2.31. The summed E-state index contributed by atoms with van der Waals surface area (Å²) in [6.07, 6.45) is 3.35. The van der Waals surface area contributed by atoms with E-state index in [0.717, 1.165) is 11.1 Å². The van der Waals surface area contributed by atoms with Gasteiger partial charge in [-0.05, 0) is 17.7 Å². The van der Waals surface area contributed by atoms with Crippen molar-refractivity contribution in [3.8, 4) is 11.3 Å². The van der Waals surface area contributed by atoms with Gasteiger partial charge in [-0.15, -0.1) is 11.3 Å². The molecule has 0 bridgehead atoms. The molecule has 6 nitrogen and oxygen atoms in total. The number of benzene rings is 1. The van der Waals surface area contributed by atoms with Crippen LogP contribution >= 0.6 is 11.3 Å². The predicted molar refractivity (Wildman–Crippen MR) is 106 cm³/mol. The smallest absolute Gasteiger partial charge is 0.276 e. The largest absolute Gasteiger partial charge is 0.348 e. The van der Waals surface area contributed by atoms with Crippen molar-refractivity contribution in [1.82, 2.24) is 20.1 Å². The number of carbonyl (C=O) groups is 1. The molecule has 27 heavy (non-hydrogen) atoms. The van der Waals surface area contributed by atoms with E-state index in [0.29, 0.717) is 27.9 Å². The van der Waals surface area contributed by atoms with Crippen molar-refractivity contribution in [2.75, 3.05) is 0 Å². The van der Waals surface area contributed by atoms with E-state index in [1.54, 1.807) is 24.8 Å². The fourth-order valence-electron chi connectivity index (χ4n) is 2.89. The molecule has 7 heteroatoms. The van der Waals surface area contributed by atoms with E-state index in [9.17, 15) is 9.59 Å². The Hall–Kier alpha value is -3.32. The molecule has 4 aromatic rings. The standard InChI is InChI=1S/C20H16N4O2S/c1-24-20(26)16-15(19(25)22-11-13-5-3-2-4-6-13)12-27-18(16)17(23-24)14-7-9-21-10-8-14/h2-10,12H,11H2,1H3,(H,22,25). The van der Waals surface area contributed by atoms with Crippen molar-refractivity contribution < 1.29 is 4.79 Å². The molecule has 0 spiro atoms. The Kier molecular flexibility index (Phi) is 4.52. The Labute approximate surface area is 159 Å². The molecule has 0 saturated carbocycles. The highest BCUT2D eigenvalue weighted by molar-refractivity contribution is 7.18. The third-order valence-corrected chi connectivity index (χ3v) is 5.24. The van der Waals surface area contributed by atoms with Crippen LogP contribution in [0, 0.1) is 0 Å². The summed E-state index contributed by atoms with van der Waals surface area (Å²) in [7, 11) is 1.59. The lowest BCUT2D eigenvalue weighted by molar-refractivity contribution is 0.0953. The Morgan fingerprint density at radius 3 is 2.63 bits per heavy atom. The second-order valence-corrected chi connectivity index (χ2v) is 6.91. The van der Waals surface area contributed by atoms with Gasteiger partial charge in [0.1, 0.15) is 5.69 Å². The average molecular weight is 376 g/mol. The molecule has 0 aliphatic heterocycles. The third-order valence-electron chi connectivity index (χ3n) is 4.26. The molecular formula is C20H16N4O2S. The maximum atomic E-state index is 12.7. The van der Waals surface area contributed by atoms with Crippen LogP contribution in [0.1, 0.15) is 15.9 Å². The van der Waals surface area contributed by atoms with Crippen LogP contribution in [0.15, 0.2) is 65.0 Å². The normalized spacial score (nSPS) is 10.9. The van der Waals surface area contributed by atoms with E-state index in [1.807, 2.05) is 42.5 Å². The quantitative estimate of drug-likeness (QED) is 0.594.